The monoisotopic (exact) mass is 321 g/mol. The zero-order valence-electron chi connectivity index (χ0n) is 9.50. The number of esters is 1. The lowest BCUT2D eigenvalue weighted by molar-refractivity contribution is -0.139. The number of hydrogen-bond acceptors (Lipinski definition) is 4. The van der Waals surface area contributed by atoms with E-state index in [0.717, 1.165) is 5.69 Å². The van der Waals surface area contributed by atoms with Crippen molar-refractivity contribution in [2.75, 3.05) is 26.1 Å². The average Bonchev–Trinajstić information content (AvgIpc) is 2.35. The van der Waals surface area contributed by atoms with Gasteiger partial charge < -0.3 is 14.8 Å². The van der Waals surface area contributed by atoms with Crippen molar-refractivity contribution in [3.8, 4) is 5.75 Å². The van der Waals surface area contributed by atoms with Crippen LogP contribution in [0.2, 0.25) is 5.02 Å². The van der Waals surface area contributed by atoms with Crippen molar-refractivity contribution in [3.63, 3.8) is 0 Å². The van der Waals surface area contributed by atoms with Crippen LogP contribution in [0.1, 0.15) is 0 Å². The minimum Gasteiger partial charge on any atom is -0.495 e. The molecule has 1 unspecified atom stereocenters. The maximum atomic E-state index is 11.2. The molecular weight excluding hydrogens is 309 g/mol. The summed E-state index contributed by atoms with van der Waals surface area (Å²) in [5, 5.41) is 3.66. The van der Waals surface area contributed by atoms with E-state index < -0.39 is 4.83 Å². The smallest absolute Gasteiger partial charge is 0.321 e. The van der Waals surface area contributed by atoms with Crippen molar-refractivity contribution in [3.05, 3.63) is 23.2 Å². The summed E-state index contributed by atoms with van der Waals surface area (Å²) in [4.78, 5) is 10.8. The number of ether oxygens (including phenoxy) is 2. The predicted molar refractivity (Wildman–Crippen MR) is 71.2 cm³/mol. The minimum absolute atomic E-state index is 0.335. The van der Waals surface area contributed by atoms with Crippen LogP contribution < -0.4 is 10.1 Å². The van der Waals surface area contributed by atoms with Crippen molar-refractivity contribution >= 4 is 39.2 Å². The molecule has 0 aromatic heterocycles. The van der Waals surface area contributed by atoms with E-state index in [4.69, 9.17) is 16.3 Å². The molecule has 6 heteroatoms. The van der Waals surface area contributed by atoms with Gasteiger partial charge in [-0.05, 0) is 18.2 Å². The summed E-state index contributed by atoms with van der Waals surface area (Å²) in [6, 6.07) is 5.22. The first-order chi connectivity index (χ1) is 8.08. The number of carbonyl (C=O) groups is 1. The summed E-state index contributed by atoms with van der Waals surface area (Å²) >= 11 is 9.10. The highest BCUT2D eigenvalue weighted by atomic mass is 79.9. The Morgan fingerprint density at radius 2 is 2.24 bits per heavy atom. The maximum absolute atomic E-state index is 11.2. The van der Waals surface area contributed by atoms with Crippen LogP contribution in [-0.4, -0.2) is 31.6 Å². The second-order valence-corrected chi connectivity index (χ2v) is 4.76. The molecule has 1 N–H and O–H groups in total. The number of halogens is 2. The topological polar surface area (TPSA) is 47.6 Å². The molecule has 1 rings (SSSR count). The lowest BCUT2D eigenvalue weighted by Gasteiger charge is -2.13. The summed E-state index contributed by atoms with van der Waals surface area (Å²) in [6.07, 6.45) is 0. The Kier molecular flexibility index (Phi) is 5.58. The van der Waals surface area contributed by atoms with Crippen LogP contribution in [0.5, 0.6) is 5.75 Å². The number of rotatable bonds is 5. The fraction of sp³-hybridized carbons (Fsp3) is 0.364. The number of anilines is 1. The Balaban J connectivity index is 2.68. The zero-order valence-corrected chi connectivity index (χ0v) is 11.8. The molecule has 0 spiro atoms. The lowest BCUT2D eigenvalue weighted by Crippen LogP contribution is -2.24. The van der Waals surface area contributed by atoms with E-state index in [-0.39, 0.29) is 5.97 Å². The Labute approximate surface area is 113 Å². The Morgan fingerprint density at radius 1 is 1.53 bits per heavy atom. The van der Waals surface area contributed by atoms with Crippen LogP contribution in [0, 0.1) is 0 Å². The van der Waals surface area contributed by atoms with Crippen molar-refractivity contribution in [1.29, 1.82) is 0 Å². The summed E-state index contributed by atoms with van der Waals surface area (Å²) in [7, 11) is 2.91. The number of alkyl halides is 1. The first-order valence-corrected chi connectivity index (χ1v) is 6.17. The highest BCUT2D eigenvalue weighted by Gasteiger charge is 2.15. The fourth-order valence-corrected chi connectivity index (χ4v) is 1.75. The van der Waals surface area contributed by atoms with Gasteiger partial charge in [0.25, 0.3) is 0 Å². The zero-order chi connectivity index (χ0) is 12.8. The molecule has 0 radical (unpaired) electrons. The van der Waals surface area contributed by atoms with Gasteiger partial charge in [0.1, 0.15) is 10.6 Å². The second kappa shape index (κ2) is 6.71. The van der Waals surface area contributed by atoms with Gasteiger partial charge in [-0.2, -0.15) is 0 Å². The third-order valence-corrected chi connectivity index (χ3v) is 3.02. The summed E-state index contributed by atoms with van der Waals surface area (Å²) in [5.41, 5.74) is 0.730. The van der Waals surface area contributed by atoms with E-state index in [1.54, 1.807) is 25.3 Å². The molecule has 1 aromatic carbocycles. The van der Waals surface area contributed by atoms with E-state index in [1.165, 1.54) is 7.11 Å². The molecule has 0 aliphatic rings. The van der Waals surface area contributed by atoms with Gasteiger partial charge >= 0.3 is 5.97 Å². The first-order valence-electron chi connectivity index (χ1n) is 4.87. The molecular formula is C11H13BrClNO3. The molecule has 0 fully saturated rings. The molecule has 17 heavy (non-hydrogen) atoms. The highest BCUT2D eigenvalue weighted by Crippen LogP contribution is 2.27. The Morgan fingerprint density at radius 3 is 2.82 bits per heavy atom. The van der Waals surface area contributed by atoms with Crippen LogP contribution >= 0.6 is 27.5 Å². The average molecular weight is 323 g/mol. The van der Waals surface area contributed by atoms with Gasteiger partial charge in [-0.3, -0.25) is 4.79 Å². The molecule has 0 aliphatic heterocycles. The number of hydrogen-bond donors (Lipinski definition) is 1. The van der Waals surface area contributed by atoms with Gasteiger partial charge in [0, 0.05) is 11.6 Å². The number of methoxy groups -OCH3 is 2. The van der Waals surface area contributed by atoms with E-state index >= 15 is 0 Å². The molecule has 0 saturated carbocycles. The maximum Gasteiger partial charge on any atom is 0.321 e. The van der Waals surface area contributed by atoms with Crippen LogP contribution in [0.4, 0.5) is 5.69 Å². The van der Waals surface area contributed by atoms with Gasteiger partial charge in [-0.25, -0.2) is 0 Å². The Bertz CT molecular complexity index is 400. The van der Waals surface area contributed by atoms with Gasteiger partial charge in [0.15, 0.2) is 0 Å². The van der Waals surface area contributed by atoms with E-state index in [2.05, 4.69) is 26.0 Å². The molecule has 0 amide bonds. The fourth-order valence-electron chi connectivity index (χ4n) is 1.23. The van der Waals surface area contributed by atoms with Crippen LogP contribution in [0.25, 0.3) is 0 Å². The lowest BCUT2D eigenvalue weighted by atomic mass is 10.3. The van der Waals surface area contributed by atoms with Crippen LogP contribution in [-0.2, 0) is 9.53 Å². The molecule has 1 atom stereocenters. The molecule has 1 aromatic rings. The Hall–Kier alpha value is -0.940. The molecule has 0 saturated heterocycles. The first kappa shape index (κ1) is 14.1. The molecule has 0 aliphatic carbocycles. The predicted octanol–water partition coefficient (Wildman–Crippen LogP) is 2.70. The van der Waals surface area contributed by atoms with Crippen molar-refractivity contribution in [2.45, 2.75) is 4.83 Å². The highest BCUT2D eigenvalue weighted by molar-refractivity contribution is 9.10. The SMILES string of the molecule is COC(=O)C(Br)CNc1cc(Cl)ccc1OC. The normalized spacial score (nSPS) is 11.8. The van der Waals surface area contributed by atoms with E-state index in [1.807, 2.05) is 0 Å². The standard InChI is InChI=1S/C11H13BrClNO3/c1-16-10-4-3-7(13)5-9(10)14-6-8(12)11(15)17-2/h3-5,8,14H,6H2,1-2H3. The molecule has 0 bridgehead atoms. The van der Waals surface area contributed by atoms with E-state index in [0.29, 0.717) is 17.3 Å². The minimum atomic E-state index is -0.420. The quantitative estimate of drug-likeness (QED) is 0.669. The summed E-state index contributed by atoms with van der Waals surface area (Å²) in [5.74, 6) is 0.331. The van der Waals surface area contributed by atoms with Gasteiger partial charge in [-0.1, -0.05) is 27.5 Å². The second-order valence-electron chi connectivity index (χ2n) is 3.22. The van der Waals surface area contributed by atoms with E-state index in [9.17, 15) is 4.79 Å². The van der Waals surface area contributed by atoms with Crippen molar-refractivity contribution in [1.82, 2.24) is 0 Å². The molecule has 4 nitrogen and oxygen atoms in total. The molecule has 0 heterocycles. The van der Waals surface area contributed by atoms with Gasteiger partial charge in [0.2, 0.25) is 0 Å². The van der Waals surface area contributed by atoms with Gasteiger partial charge in [0.05, 0.1) is 19.9 Å². The summed E-state index contributed by atoms with van der Waals surface area (Å²) in [6.45, 7) is 0.378. The third kappa shape index (κ3) is 4.09. The van der Waals surface area contributed by atoms with Crippen LogP contribution in [0.15, 0.2) is 18.2 Å². The molecule has 94 valence electrons. The van der Waals surface area contributed by atoms with Crippen molar-refractivity contribution in [2.24, 2.45) is 0 Å². The number of benzene rings is 1. The largest absolute Gasteiger partial charge is 0.495 e. The number of carbonyl (C=O) groups excluding carboxylic acids is 1. The third-order valence-electron chi connectivity index (χ3n) is 2.09. The van der Waals surface area contributed by atoms with Gasteiger partial charge in [-0.15, -0.1) is 0 Å². The number of nitrogens with one attached hydrogen (secondary N) is 1. The summed E-state index contributed by atoms with van der Waals surface area (Å²) < 4.78 is 9.76. The van der Waals surface area contributed by atoms with Crippen molar-refractivity contribution < 1.29 is 14.3 Å². The van der Waals surface area contributed by atoms with Crippen LogP contribution in [0.3, 0.4) is 0 Å².